The van der Waals surface area contributed by atoms with Crippen molar-refractivity contribution >= 4 is 40.7 Å². The van der Waals surface area contributed by atoms with Crippen LogP contribution >= 0.6 is 23.2 Å². The van der Waals surface area contributed by atoms with Crippen LogP contribution < -0.4 is 5.32 Å². The molecule has 0 radical (unpaired) electrons. The molecule has 0 fully saturated rings. The van der Waals surface area contributed by atoms with Gasteiger partial charge in [0, 0.05) is 23.7 Å². The molecule has 3 aromatic rings. The Morgan fingerprint density at radius 3 is 2.52 bits per heavy atom. The molecule has 0 aliphatic heterocycles. The molecule has 140 valence electrons. The molecule has 3 rings (SSSR count). The number of hydrogen-bond donors (Lipinski definition) is 1. The van der Waals surface area contributed by atoms with Crippen molar-refractivity contribution in [2.24, 2.45) is 7.05 Å². The Morgan fingerprint density at radius 2 is 1.93 bits per heavy atom. The topological polar surface area (TPSA) is 108 Å². The average Bonchev–Trinajstić information content (AvgIpc) is 3.10. The van der Waals surface area contributed by atoms with Crippen molar-refractivity contribution in [3.63, 3.8) is 0 Å². The number of halogens is 2. The van der Waals surface area contributed by atoms with Crippen LogP contribution in [0.25, 0.3) is 11.3 Å². The Hall–Kier alpha value is -2.91. The number of benzene rings is 1. The molecule has 2 heterocycles. The van der Waals surface area contributed by atoms with Crippen LogP contribution in [-0.2, 0) is 18.4 Å². The zero-order valence-corrected chi connectivity index (χ0v) is 15.8. The van der Waals surface area contributed by atoms with Crippen LogP contribution in [0.2, 0.25) is 10.0 Å². The van der Waals surface area contributed by atoms with Gasteiger partial charge in [-0.05, 0) is 24.0 Å². The highest BCUT2D eigenvalue weighted by Gasteiger charge is 2.25. The molecule has 0 aliphatic carbocycles. The van der Waals surface area contributed by atoms with Crippen molar-refractivity contribution in [3.05, 3.63) is 56.2 Å². The van der Waals surface area contributed by atoms with Gasteiger partial charge < -0.3 is 15.4 Å². The number of amides is 1. The van der Waals surface area contributed by atoms with Crippen LogP contribution in [0.4, 0.5) is 11.6 Å². The molecule has 1 aromatic carbocycles. The van der Waals surface area contributed by atoms with Crippen molar-refractivity contribution < 1.29 is 9.72 Å². The van der Waals surface area contributed by atoms with Crippen molar-refractivity contribution in [1.29, 1.82) is 0 Å². The minimum Gasteiger partial charge on any atom is -0.358 e. The molecule has 9 nitrogen and oxygen atoms in total. The summed E-state index contributed by atoms with van der Waals surface area (Å²) in [6.07, 6.45) is 0. The highest BCUT2D eigenvalue weighted by atomic mass is 35.5. The summed E-state index contributed by atoms with van der Waals surface area (Å²) in [6.45, 7) is 1.33. The minimum atomic E-state index is -0.691. The molecule has 11 heteroatoms. The number of nitro groups is 1. The summed E-state index contributed by atoms with van der Waals surface area (Å²) in [5.41, 5.74) is 1.85. The van der Waals surface area contributed by atoms with E-state index >= 15 is 0 Å². The Bertz CT molecular complexity index is 1030. The number of carbonyl (C=O) groups is 1. The average molecular weight is 409 g/mol. The van der Waals surface area contributed by atoms with Gasteiger partial charge in [0.2, 0.25) is 5.91 Å². The predicted octanol–water partition coefficient (Wildman–Crippen LogP) is 3.45. The Balaban J connectivity index is 1.76. The summed E-state index contributed by atoms with van der Waals surface area (Å²) < 4.78 is 2.71. The van der Waals surface area contributed by atoms with Gasteiger partial charge in [-0.1, -0.05) is 35.3 Å². The zero-order chi connectivity index (χ0) is 19.7. The minimum absolute atomic E-state index is 0.0849. The highest BCUT2D eigenvalue weighted by molar-refractivity contribution is 6.33. The van der Waals surface area contributed by atoms with Crippen molar-refractivity contribution in [2.45, 2.75) is 13.5 Å². The van der Waals surface area contributed by atoms with Crippen molar-refractivity contribution in [2.75, 3.05) is 5.32 Å². The monoisotopic (exact) mass is 408 g/mol. The first-order valence-electron chi connectivity index (χ1n) is 7.73. The molecule has 0 spiro atoms. The summed E-state index contributed by atoms with van der Waals surface area (Å²) in [7, 11) is 1.69. The van der Waals surface area contributed by atoms with E-state index in [9.17, 15) is 14.9 Å². The molecule has 1 N–H and O–H groups in total. The van der Waals surface area contributed by atoms with Crippen LogP contribution in [0.1, 0.15) is 5.69 Å². The molecular weight excluding hydrogens is 395 g/mol. The summed E-state index contributed by atoms with van der Waals surface area (Å²) in [6, 6.07) is 8.86. The molecule has 0 saturated carbocycles. The first-order valence-corrected chi connectivity index (χ1v) is 8.49. The smallest absolute Gasteiger partial charge is 0.358 e. The number of carbonyl (C=O) groups excluding carboxylic acids is 1. The standard InChI is InChI=1S/C16H14Cl2N6O3/c1-9-15(18)16(24(26)27)21-23(9)8-14(25)19-13-7-12(20-22(13)2)10-3-5-11(17)6-4-10/h3-7H,8H2,1-2H3,(H,19,25). The van der Waals surface area contributed by atoms with E-state index in [2.05, 4.69) is 15.5 Å². The fraction of sp³-hybridized carbons (Fsp3) is 0.188. The number of nitrogens with one attached hydrogen (secondary N) is 1. The van der Waals surface area contributed by atoms with E-state index in [0.717, 1.165) is 5.56 Å². The quantitative estimate of drug-likeness (QED) is 0.513. The van der Waals surface area contributed by atoms with E-state index in [1.54, 1.807) is 32.2 Å². The number of anilines is 1. The van der Waals surface area contributed by atoms with Crippen molar-refractivity contribution in [1.82, 2.24) is 19.6 Å². The van der Waals surface area contributed by atoms with Crippen LogP contribution in [0.5, 0.6) is 0 Å². The van der Waals surface area contributed by atoms with Crippen LogP contribution in [0.3, 0.4) is 0 Å². The van der Waals surface area contributed by atoms with Crippen LogP contribution in [0.15, 0.2) is 30.3 Å². The fourth-order valence-corrected chi connectivity index (χ4v) is 2.77. The lowest BCUT2D eigenvalue weighted by Gasteiger charge is -2.04. The largest absolute Gasteiger partial charge is 0.408 e. The van der Waals surface area contributed by atoms with Gasteiger partial charge in [0.25, 0.3) is 0 Å². The zero-order valence-electron chi connectivity index (χ0n) is 14.3. The maximum Gasteiger partial charge on any atom is 0.408 e. The van der Waals surface area contributed by atoms with E-state index in [1.807, 2.05) is 12.1 Å². The fourth-order valence-electron chi connectivity index (χ4n) is 2.44. The summed E-state index contributed by atoms with van der Waals surface area (Å²) >= 11 is 11.8. The summed E-state index contributed by atoms with van der Waals surface area (Å²) in [4.78, 5) is 22.5. The summed E-state index contributed by atoms with van der Waals surface area (Å²) in [5.74, 6) is -0.430. The summed E-state index contributed by atoms with van der Waals surface area (Å²) in [5, 5.41) is 22.3. The highest BCUT2D eigenvalue weighted by Crippen LogP contribution is 2.26. The molecule has 0 saturated heterocycles. The third-order valence-corrected chi connectivity index (χ3v) is 4.56. The third kappa shape index (κ3) is 3.93. The first-order chi connectivity index (χ1) is 12.8. The van der Waals surface area contributed by atoms with E-state index in [1.165, 1.54) is 9.36 Å². The first kappa shape index (κ1) is 18.9. The lowest BCUT2D eigenvalue weighted by atomic mass is 10.1. The molecule has 27 heavy (non-hydrogen) atoms. The lowest BCUT2D eigenvalue weighted by molar-refractivity contribution is -0.389. The third-order valence-electron chi connectivity index (χ3n) is 3.87. The van der Waals surface area contributed by atoms with Crippen LogP contribution in [0, 0.1) is 17.0 Å². The molecule has 0 bridgehead atoms. The SMILES string of the molecule is Cc1c(Cl)c([N+](=O)[O-])nn1CC(=O)Nc1cc(-c2ccc(Cl)cc2)nn1C. The van der Waals surface area contributed by atoms with Gasteiger partial charge in [-0.3, -0.25) is 9.48 Å². The van der Waals surface area contributed by atoms with E-state index in [4.69, 9.17) is 23.2 Å². The Kier molecular flexibility index (Phi) is 5.15. The van der Waals surface area contributed by atoms with Gasteiger partial charge in [0.1, 0.15) is 12.4 Å². The van der Waals surface area contributed by atoms with Crippen LogP contribution in [-0.4, -0.2) is 30.4 Å². The maximum absolute atomic E-state index is 12.3. The normalized spacial score (nSPS) is 10.8. The number of aromatic nitrogens is 4. The molecule has 2 aromatic heterocycles. The van der Waals surface area contributed by atoms with Crippen molar-refractivity contribution in [3.8, 4) is 11.3 Å². The molecule has 1 amide bonds. The van der Waals surface area contributed by atoms with Gasteiger partial charge in [-0.25, -0.2) is 0 Å². The molecule has 0 atom stereocenters. The second-order valence-corrected chi connectivity index (χ2v) is 6.55. The van der Waals surface area contributed by atoms with E-state index in [0.29, 0.717) is 22.2 Å². The van der Waals surface area contributed by atoms with E-state index in [-0.39, 0.29) is 11.6 Å². The number of rotatable bonds is 5. The number of aryl methyl sites for hydroxylation is 1. The molecular formula is C16H14Cl2N6O3. The van der Waals surface area contributed by atoms with Gasteiger partial charge >= 0.3 is 5.82 Å². The Labute approximate surface area is 163 Å². The second kappa shape index (κ2) is 7.37. The molecule has 0 unspecified atom stereocenters. The predicted molar refractivity (Wildman–Crippen MR) is 101 cm³/mol. The van der Waals surface area contributed by atoms with Gasteiger partial charge in [-0.2, -0.15) is 9.78 Å². The lowest BCUT2D eigenvalue weighted by Crippen LogP contribution is -2.21. The van der Waals surface area contributed by atoms with E-state index < -0.39 is 16.6 Å². The van der Waals surface area contributed by atoms with Gasteiger partial charge in [-0.15, -0.1) is 0 Å². The Morgan fingerprint density at radius 1 is 1.26 bits per heavy atom. The second-order valence-electron chi connectivity index (χ2n) is 5.73. The number of hydrogen-bond acceptors (Lipinski definition) is 5. The molecule has 0 aliphatic rings. The number of nitrogens with zero attached hydrogens (tertiary/aromatic N) is 5. The maximum atomic E-state index is 12.3. The van der Waals surface area contributed by atoms with Gasteiger partial charge in [0.15, 0.2) is 5.02 Å². The van der Waals surface area contributed by atoms with Gasteiger partial charge in [0.05, 0.1) is 16.5 Å².